The number of unbranched alkanes of at least 4 members (excludes halogenated alkanes) is 19. The highest BCUT2D eigenvalue weighted by Gasteiger charge is 2.25. The molecule has 0 N–H and O–H groups in total. The lowest BCUT2D eigenvalue weighted by molar-refractivity contribution is -0.692. The Hall–Kier alpha value is -0.490. The number of hydrogen-bond donors (Lipinski definition) is 0. The molecule has 1 aromatic rings. The van der Waals surface area contributed by atoms with E-state index in [1.807, 2.05) is 0 Å². The third-order valence-corrected chi connectivity index (χ3v) is 8.31. The molecule has 37 heavy (non-hydrogen) atoms. The van der Waals surface area contributed by atoms with Crippen molar-refractivity contribution in [2.24, 2.45) is 0 Å². The Balaban J connectivity index is 1.24. The molecule has 4 nitrogen and oxygen atoms in total. The smallest absolute Gasteiger partial charge is 0.224 e. The third kappa shape index (κ3) is 19.3. The monoisotopic (exact) mass is 538 g/mol. The lowest BCUT2D eigenvalue weighted by Crippen LogP contribution is -2.29. The Bertz CT molecular complexity index is 583. The number of hydrogen-bond acceptors (Lipinski definition) is 4. The van der Waals surface area contributed by atoms with Gasteiger partial charge in [0, 0.05) is 13.0 Å². The van der Waals surface area contributed by atoms with Gasteiger partial charge in [-0.15, -0.1) is 0 Å². The lowest BCUT2D eigenvalue weighted by atomic mass is 10.0. The van der Waals surface area contributed by atoms with Gasteiger partial charge in [-0.3, -0.25) is 0 Å². The molecule has 2 atom stereocenters. The summed E-state index contributed by atoms with van der Waals surface area (Å²) < 4.78 is 20.0. The molecule has 5 heteroatoms. The van der Waals surface area contributed by atoms with Crippen molar-refractivity contribution in [3.63, 3.8) is 0 Å². The Morgan fingerprint density at radius 3 is 1.89 bits per heavy atom. The van der Waals surface area contributed by atoms with Crippen LogP contribution in [0.15, 0.2) is 17.1 Å². The van der Waals surface area contributed by atoms with Crippen LogP contribution in [0.1, 0.15) is 148 Å². The maximum absolute atomic E-state index is 6.03. The molecule has 2 rings (SSSR count). The van der Waals surface area contributed by atoms with Crippen molar-refractivity contribution in [1.82, 2.24) is 0 Å². The van der Waals surface area contributed by atoms with E-state index < -0.39 is 0 Å². The predicted octanol–water partition coefficient (Wildman–Crippen LogP) is 9.40. The van der Waals surface area contributed by atoms with Crippen molar-refractivity contribution in [2.75, 3.05) is 19.8 Å². The summed E-state index contributed by atoms with van der Waals surface area (Å²) in [7, 11) is 0. The SMILES string of the molecule is CCCCCCCCCCCCCCCCCCC[C@@H]1OC[C@@H](COCCCCCC[n+]2ccsc2)O1. The number of nitrogens with zero attached hydrogens (tertiary/aromatic N) is 1. The second-order valence-electron chi connectivity index (χ2n) is 11.2. The zero-order valence-corrected chi connectivity index (χ0v) is 25.2. The number of aryl methyl sites for hydroxylation is 1. The Kier molecular flexibility index (Phi) is 21.7. The summed E-state index contributed by atoms with van der Waals surface area (Å²) in [6, 6.07) is 0. The van der Waals surface area contributed by atoms with E-state index in [1.165, 1.54) is 128 Å². The number of aromatic nitrogens is 1. The maximum atomic E-state index is 6.03. The number of ether oxygens (including phenoxy) is 3. The van der Waals surface area contributed by atoms with Crippen molar-refractivity contribution in [3.05, 3.63) is 17.1 Å². The van der Waals surface area contributed by atoms with Crippen LogP contribution >= 0.6 is 11.3 Å². The van der Waals surface area contributed by atoms with Crippen LogP contribution in [-0.4, -0.2) is 32.2 Å². The highest BCUT2D eigenvalue weighted by Crippen LogP contribution is 2.19. The first-order valence-corrected chi connectivity index (χ1v) is 17.1. The Morgan fingerprint density at radius 2 is 1.30 bits per heavy atom. The topological polar surface area (TPSA) is 31.6 Å². The maximum Gasteiger partial charge on any atom is 0.224 e. The largest absolute Gasteiger partial charge is 0.379 e. The van der Waals surface area contributed by atoms with Crippen molar-refractivity contribution in [2.45, 2.75) is 167 Å². The number of thiazole rings is 1. The molecule has 0 aliphatic carbocycles. The van der Waals surface area contributed by atoms with E-state index in [4.69, 9.17) is 14.2 Å². The molecule has 0 bridgehead atoms. The van der Waals surface area contributed by atoms with E-state index >= 15 is 0 Å². The minimum atomic E-state index is -0.000421. The van der Waals surface area contributed by atoms with Crippen LogP contribution in [-0.2, 0) is 20.8 Å². The van der Waals surface area contributed by atoms with Crippen molar-refractivity contribution >= 4 is 11.3 Å². The quantitative estimate of drug-likeness (QED) is 0.0826. The second-order valence-corrected chi connectivity index (χ2v) is 12.0. The second kappa shape index (κ2) is 24.5. The molecule has 1 aliphatic rings. The van der Waals surface area contributed by atoms with E-state index in [0.29, 0.717) is 13.2 Å². The normalized spacial score (nSPS) is 17.6. The number of rotatable bonds is 27. The molecule has 0 saturated carbocycles. The molecule has 0 unspecified atom stereocenters. The zero-order chi connectivity index (χ0) is 26.1. The minimum Gasteiger partial charge on any atom is -0.379 e. The highest BCUT2D eigenvalue weighted by atomic mass is 32.1. The van der Waals surface area contributed by atoms with Crippen LogP contribution in [0.2, 0.25) is 0 Å². The summed E-state index contributed by atoms with van der Waals surface area (Å²) in [6.45, 7) is 5.65. The molecule has 0 aromatic carbocycles. The van der Waals surface area contributed by atoms with Gasteiger partial charge in [-0.2, -0.15) is 4.57 Å². The van der Waals surface area contributed by atoms with Gasteiger partial charge in [-0.05, 0) is 25.7 Å². The summed E-state index contributed by atoms with van der Waals surface area (Å²) in [6.07, 6.45) is 32.3. The highest BCUT2D eigenvalue weighted by molar-refractivity contribution is 7.07. The van der Waals surface area contributed by atoms with Gasteiger partial charge in [0.1, 0.15) is 12.6 Å². The molecule has 216 valence electrons. The standard InChI is InChI=1S/C32H60NO3S/c1-2-3-4-5-6-7-8-9-10-11-12-13-14-15-16-17-20-23-32-35-29-31(36-32)28-34-26-22-19-18-21-24-33-25-27-37-30-33/h25,27,30-32H,2-24,26,28-29H2,1H3/q+1/t31-,32-/m1/s1. The van der Waals surface area contributed by atoms with Gasteiger partial charge in [0.15, 0.2) is 12.5 Å². The molecule has 2 heterocycles. The van der Waals surface area contributed by atoms with Crippen LogP contribution in [0.4, 0.5) is 0 Å². The Labute approximate surface area is 233 Å². The summed E-state index contributed by atoms with van der Waals surface area (Å²) in [5.41, 5.74) is 2.18. The van der Waals surface area contributed by atoms with Crippen LogP contribution in [0.3, 0.4) is 0 Å². The van der Waals surface area contributed by atoms with Gasteiger partial charge in [0.2, 0.25) is 5.51 Å². The molecule has 0 amide bonds. The molecule has 1 aromatic heterocycles. The van der Waals surface area contributed by atoms with Crippen molar-refractivity contribution in [3.8, 4) is 0 Å². The van der Waals surface area contributed by atoms with Gasteiger partial charge < -0.3 is 14.2 Å². The lowest BCUT2D eigenvalue weighted by Gasteiger charge is -2.12. The van der Waals surface area contributed by atoms with Crippen molar-refractivity contribution < 1.29 is 18.8 Å². The summed E-state index contributed by atoms with van der Waals surface area (Å²) in [5.74, 6) is 0. The van der Waals surface area contributed by atoms with Crippen LogP contribution in [0.5, 0.6) is 0 Å². The van der Waals surface area contributed by atoms with E-state index in [9.17, 15) is 0 Å². The van der Waals surface area contributed by atoms with Gasteiger partial charge >= 0.3 is 0 Å². The first-order chi connectivity index (χ1) is 18.4. The van der Waals surface area contributed by atoms with Crippen molar-refractivity contribution in [1.29, 1.82) is 0 Å². The summed E-state index contributed by atoms with van der Waals surface area (Å²) >= 11 is 1.76. The van der Waals surface area contributed by atoms with E-state index in [0.717, 1.165) is 26.0 Å². The first kappa shape index (κ1) is 32.7. The molecule has 1 aliphatic heterocycles. The summed E-state index contributed by atoms with van der Waals surface area (Å²) in [5, 5.41) is 2.13. The molecular formula is C32H60NO3S+. The average Bonchev–Trinajstić information content (AvgIpc) is 3.60. The van der Waals surface area contributed by atoms with Gasteiger partial charge in [0.25, 0.3) is 0 Å². The van der Waals surface area contributed by atoms with Gasteiger partial charge in [0.05, 0.1) is 18.6 Å². The molecule has 0 spiro atoms. The molecule has 0 radical (unpaired) electrons. The van der Waals surface area contributed by atoms with E-state index in [1.54, 1.807) is 11.3 Å². The van der Waals surface area contributed by atoms with Crippen LogP contribution in [0, 0.1) is 0 Å². The van der Waals surface area contributed by atoms with Gasteiger partial charge in [-0.25, -0.2) is 0 Å². The van der Waals surface area contributed by atoms with E-state index in [-0.39, 0.29) is 12.4 Å². The minimum absolute atomic E-state index is 0.000421. The average molecular weight is 539 g/mol. The molecule has 1 fully saturated rings. The zero-order valence-electron chi connectivity index (χ0n) is 24.4. The fourth-order valence-corrected chi connectivity index (χ4v) is 5.87. The van der Waals surface area contributed by atoms with E-state index in [2.05, 4.69) is 28.6 Å². The fourth-order valence-electron chi connectivity index (χ4n) is 5.24. The fraction of sp³-hybridized carbons (Fsp3) is 0.906. The molecule has 1 saturated heterocycles. The van der Waals surface area contributed by atoms with Crippen LogP contribution in [0.25, 0.3) is 0 Å². The predicted molar refractivity (Wildman–Crippen MR) is 157 cm³/mol. The summed E-state index contributed by atoms with van der Waals surface area (Å²) in [4.78, 5) is 0. The third-order valence-electron chi connectivity index (χ3n) is 7.64. The molecular weight excluding hydrogens is 478 g/mol. The van der Waals surface area contributed by atoms with Crippen LogP contribution < -0.4 is 4.57 Å². The first-order valence-electron chi connectivity index (χ1n) is 16.1. The Morgan fingerprint density at radius 1 is 0.730 bits per heavy atom. The van der Waals surface area contributed by atoms with Gasteiger partial charge in [-0.1, -0.05) is 127 Å².